The summed E-state index contributed by atoms with van der Waals surface area (Å²) in [5.41, 5.74) is 0.897. The van der Waals surface area contributed by atoms with Crippen LogP contribution in [0.15, 0.2) is 24.3 Å². The number of ether oxygens (including phenoxy) is 1. The van der Waals surface area contributed by atoms with Crippen LogP contribution < -0.4 is 4.74 Å². The normalized spacial score (nSPS) is 12.1. The minimum Gasteiger partial charge on any atom is -0.496 e. The number of nitro groups is 1. The zero-order chi connectivity index (χ0) is 12.0. The molecule has 0 aliphatic heterocycles. The highest BCUT2D eigenvalue weighted by atomic mass is 32.2. The van der Waals surface area contributed by atoms with Gasteiger partial charge in [-0.2, -0.15) is 0 Å². The molecule has 0 spiro atoms. The second-order valence-electron chi connectivity index (χ2n) is 3.20. The quantitative estimate of drug-likeness (QED) is 0.567. The highest BCUT2D eigenvalue weighted by molar-refractivity contribution is 7.99. The molecule has 0 saturated carbocycles. The van der Waals surface area contributed by atoms with Crippen LogP contribution in [0.1, 0.15) is 17.7 Å². The Hall–Kier alpha value is -1.23. The molecule has 0 amide bonds. The molecule has 5 heteroatoms. The number of hydrogen-bond donors (Lipinski definition) is 0. The molecule has 1 rings (SSSR count). The minimum atomic E-state index is -0.278. The highest BCUT2D eigenvalue weighted by Crippen LogP contribution is 2.34. The number of benzene rings is 1. The van der Waals surface area contributed by atoms with Crippen molar-refractivity contribution in [3.05, 3.63) is 39.9 Å². The molecule has 0 aliphatic carbocycles. The fraction of sp³-hybridized carbons (Fsp3) is 0.455. The van der Waals surface area contributed by atoms with Gasteiger partial charge in [0.1, 0.15) is 5.75 Å². The van der Waals surface area contributed by atoms with E-state index in [9.17, 15) is 10.1 Å². The van der Waals surface area contributed by atoms with Gasteiger partial charge in [0.2, 0.25) is 6.54 Å². The van der Waals surface area contributed by atoms with Crippen molar-refractivity contribution in [3.8, 4) is 5.75 Å². The molecule has 0 fully saturated rings. The first-order valence-corrected chi connectivity index (χ1v) is 6.10. The van der Waals surface area contributed by atoms with Gasteiger partial charge in [0.15, 0.2) is 0 Å². The van der Waals surface area contributed by atoms with E-state index in [0.29, 0.717) is 0 Å². The number of hydrogen-bond acceptors (Lipinski definition) is 4. The lowest BCUT2D eigenvalue weighted by Crippen LogP contribution is -2.11. The lowest BCUT2D eigenvalue weighted by Gasteiger charge is -2.15. The summed E-state index contributed by atoms with van der Waals surface area (Å²) in [4.78, 5) is 10.3. The summed E-state index contributed by atoms with van der Waals surface area (Å²) in [6, 6.07) is 7.46. The summed E-state index contributed by atoms with van der Waals surface area (Å²) in [6.45, 7) is 1.92. The second kappa shape index (κ2) is 6.37. The summed E-state index contributed by atoms with van der Waals surface area (Å²) in [5.74, 6) is 1.56. The van der Waals surface area contributed by atoms with Gasteiger partial charge in [-0.25, -0.2) is 0 Å². The van der Waals surface area contributed by atoms with Gasteiger partial charge < -0.3 is 4.74 Å². The van der Waals surface area contributed by atoms with Crippen molar-refractivity contribution in [2.75, 3.05) is 19.4 Å². The van der Waals surface area contributed by atoms with Gasteiger partial charge in [-0.1, -0.05) is 25.1 Å². The van der Waals surface area contributed by atoms with Gasteiger partial charge in [0.25, 0.3) is 0 Å². The molecule has 1 aromatic rings. The highest BCUT2D eigenvalue weighted by Gasteiger charge is 2.20. The van der Waals surface area contributed by atoms with E-state index in [4.69, 9.17) is 4.74 Å². The number of thioether (sulfide) groups is 1. The van der Waals surface area contributed by atoms with E-state index in [2.05, 4.69) is 0 Å². The van der Waals surface area contributed by atoms with E-state index >= 15 is 0 Å². The van der Waals surface area contributed by atoms with Crippen molar-refractivity contribution in [3.63, 3.8) is 0 Å². The Morgan fingerprint density at radius 2 is 2.19 bits per heavy atom. The summed E-state index contributed by atoms with van der Waals surface area (Å²) >= 11 is 1.57. The van der Waals surface area contributed by atoms with Crippen LogP contribution in [0.3, 0.4) is 0 Å². The molecule has 0 aliphatic rings. The van der Waals surface area contributed by atoms with Gasteiger partial charge in [0.05, 0.1) is 12.4 Å². The third kappa shape index (κ3) is 3.41. The van der Waals surface area contributed by atoms with Crippen LogP contribution in [0.5, 0.6) is 5.75 Å². The molecule has 0 radical (unpaired) electrons. The van der Waals surface area contributed by atoms with Crippen LogP contribution >= 0.6 is 11.8 Å². The van der Waals surface area contributed by atoms with Crippen LogP contribution in [0.4, 0.5) is 0 Å². The van der Waals surface area contributed by atoms with Crippen molar-refractivity contribution in [2.45, 2.75) is 12.2 Å². The molecule has 4 nitrogen and oxygen atoms in total. The second-order valence-corrected chi connectivity index (χ2v) is 4.68. The van der Waals surface area contributed by atoms with Crippen molar-refractivity contribution in [2.24, 2.45) is 0 Å². The summed E-state index contributed by atoms with van der Waals surface area (Å²) < 4.78 is 5.22. The van der Waals surface area contributed by atoms with Gasteiger partial charge in [-0.15, -0.1) is 11.8 Å². The first kappa shape index (κ1) is 12.8. The van der Waals surface area contributed by atoms with Crippen molar-refractivity contribution in [1.82, 2.24) is 0 Å². The molecule has 0 N–H and O–H groups in total. The number of rotatable bonds is 6. The molecule has 0 heterocycles. The maximum atomic E-state index is 10.6. The largest absolute Gasteiger partial charge is 0.496 e. The van der Waals surface area contributed by atoms with Crippen molar-refractivity contribution >= 4 is 11.8 Å². The fourth-order valence-electron chi connectivity index (χ4n) is 1.51. The third-order valence-electron chi connectivity index (χ3n) is 2.17. The summed E-state index contributed by atoms with van der Waals surface area (Å²) in [6.07, 6.45) is 0. The average Bonchev–Trinajstić information content (AvgIpc) is 2.28. The Kier molecular flexibility index (Phi) is 5.11. The van der Waals surface area contributed by atoms with Crippen LogP contribution in [0.2, 0.25) is 0 Å². The van der Waals surface area contributed by atoms with E-state index in [1.807, 2.05) is 31.2 Å². The van der Waals surface area contributed by atoms with Crippen molar-refractivity contribution in [1.29, 1.82) is 0 Å². The molecule has 16 heavy (non-hydrogen) atoms. The first-order valence-electron chi connectivity index (χ1n) is 5.05. The lowest BCUT2D eigenvalue weighted by molar-refractivity contribution is -0.479. The smallest absolute Gasteiger partial charge is 0.219 e. The van der Waals surface area contributed by atoms with Gasteiger partial charge in [0, 0.05) is 10.5 Å². The topological polar surface area (TPSA) is 52.4 Å². The van der Waals surface area contributed by atoms with Crippen LogP contribution in [0.25, 0.3) is 0 Å². The van der Waals surface area contributed by atoms with E-state index < -0.39 is 0 Å². The van der Waals surface area contributed by atoms with Crippen LogP contribution in [-0.4, -0.2) is 24.3 Å². The zero-order valence-corrected chi connectivity index (χ0v) is 10.2. The van der Waals surface area contributed by atoms with E-state index in [-0.39, 0.29) is 16.7 Å². The maximum absolute atomic E-state index is 10.6. The fourth-order valence-corrected chi connectivity index (χ4v) is 2.51. The lowest BCUT2D eigenvalue weighted by atomic mass is 10.1. The molecular formula is C11H15NO3S. The Labute approximate surface area is 99.1 Å². The van der Waals surface area contributed by atoms with E-state index in [0.717, 1.165) is 17.1 Å². The van der Waals surface area contributed by atoms with Crippen molar-refractivity contribution < 1.29 is 9.66 Å². The summed E-state index contributed by atoms with van der Waals surface area (Å²) in [5, 5.41) is 10.5. The Morgan fingerprint density at radius 3 is 2.75 bits per heavy atom. The molecular weight excluding hydrogens is 226 g/mol. The molecule has 88 valence electrons. The third-order valence-corrected chi connectivity index (χ3v) is 3.31. The van der Waals surface area contributed by atoms with E-state index in [1.54, 1.807) is 18.9 Å². The molecule has 1 aromatic carbocycles. The Balaban J connectivity index is 2.94. The van der Waals surface area contributed by atoms with Crippen LogP contribution in [0, 0.1) is 10.1 Å². The predicted molar refractivity (Wildman–Crippen MR) is 65.7 cm³/mol. The summed E-state index contributed by atoms with van der Waals surface area (Å²) in [7, 11) is 1.58. The van der Waals surface area contributed by atoms with Gasteiger partial charge in [-0.05, 0) is 11.8 Å². The Morgan fingerprint density at radius 1 is 1.50 bits per heavy atom. The standard InChI is InChI=1S/C11H15NO3S/c1-3-16-11(8-12(13)14)9-6-4-5-7-10(9)15-2/h4-7,11H,3,8H2,1-2H3. The van der Waals surface area contributed by atoms with Crippen LogP contribution in [-0.2, 0) is 0 Å². The number of methoxy groups -OCH3 is 1. The molecule has 0 saturated heterocycles. The van der Waals surface area contributed by atoms with E-state index in [1.165, 1.54) is 0 Å². The number of nitrogens with zero attached hydrogens (tertiary/aromatic N) is 1. The predicted octanol–water partition coefficient (Wildman–Crippen LogP) is 2.77. The SMILES string of the molecule is CCSC(C[N+](=O)[O-])c1ccccc1OC. The first-order chi connectivity index (χ1) is 7.69. The number of para-hydroxylation sites is 1. The minimum absolute atomic E-state index is 0.0706. The van der Waals surface area contributed by atoms with Gasteiger partial charge >= 0.3 is 0 Å². The molecule has 1 unspecified atom stereocenters. The maximum Gasteiger partial charge on any atom is 0.219 e. The molecule has 0 bridgehead atoms. The molecule has 0 aromatic heterocycles. The zero-order valence-electron chi connectivity index (χ0n) is 9.38. The molecule has 1 atom stereocenters. The monoisotopic (exact) mass is 241 g/mol. The Bertz CT molecular complexity index is 357. The average molecular weight is 241 g/mol. The van der Waals surface area contributed by atoms with Gasteiger partial charge in [-0.3, -0.25) is 10.1 Å².